The van der Waals surface area contributed by atoms with Crippen molar-refractivity contribution in [1.82, 2.24) is 0 Å². The summed E-state index contributed by atoms with van der Waals surface area (Å²) in [6, 6.07) is 3.56. The number of thiol groups is 1. The van der Waals surface area contributed by atoms with Crippen molar-refractivity contribution < 1.29 is 4.39 Å². The van der Waals surface area contributed by atoms with Gasteiger partial charge in [0.25, 0.3) is 0 Å². The van der Waals surface area contributed by atoms with E-state index in [0.717, 1.165) is 5.39 Å². The van der Waals surface area contributed by atoms with Crippen LogP contribution in [0.5, 0.6) is 0 Å². The third kappa shape index (κ3) is 1.13. The van der Waals surface area contributed by atoms with Gasteiger partial charge in [-0.05, 0) is 22.9 Å². The lowest BCUT2D eigenvalue weighted by atomic mass is 10.2. The molecule has 0 bridgehead atoms. The smallest absolute Gasteiger partial charge is 0.155 e. The summed E-state index contributed by atoms with van der Waals surface area (Å²) < 4.78 is 14.0. The van der Waals surface area contributed by atoms with Gasteiger partial charge in [-0.2, -0.15) is 0 Å². The Bertz CT molecular complexity index is 436. The predicted molar refractivity (Wildman–Crippen MR) is 54.0 cm³/mol. The maximum Gasteiger partial charge on any atom is 0.155 e. The van der Waals surface area contributed by atoms with Gasteiger partial charge in [0, 0.05) is 0 Å². The zero-order chi connectivity index (χ0) is 8.72. The van der Waals surface area contributed by atoms with Gasteiger partial charge in [-0.1, -0.05) is 11.6 Å². The molecule has 0 aliphatic carbocycles. The van der Waals surface area contributed by atoms with Gasteiger partial charge in [0.1, 0.15) is 0 Å². The molecular weight excluding hydrogens is 215 g/mol. The van der Waals surface area contributed by atoms with Crippen molar-refractivity contribution in [3.63, 3.8) is 0 Å². The highest BCUT2D eigenvalue weighted by molar-refractivity contribution is 7.80. The van der Waals surface area contributed by atoms with Crippen LogP contribution in [0.15, 0.2) is 22.4 Å². The van der Waals surface area contributed by atoms with E-state index in [9.17, 15) is 4.39 Å². The van der Waals surface area contributed by atoms with E-state index < -0.39 is 0 Å². The van der Waals surface area contributed by atoms with E-state index >= 15 is 0 Å². The summed E-state index contributed by atoms with van der Waals surface area (Å²) in [5.74, 6) is -0.323. The maximum absolute atomic E-state index is 13.3. The second-order valence-electron chi connectivity index (χ2n) is 2.36. The first-order valence-corrected chi connectivity index (χ1v) is 4.95. The standard InChI is InChI=1S/C8H4ClFS2/c9-5-3-4-1-2-12-8(4)6(10)7(5)11/h1-3,11H. The van der Waals surface area contributed by atoms with Gasteiger partial charge in [-0.25, -0.2) is 4.39 Å². The summed E-state index contributed by atoms with van der Waals surface area (Å²) in [5.41, 5.74) is 0. The second-order valence-corrected chi connectivity index (χ2v) is 4.13. The first-order valence-electron chi connectivity index (χ1n) is 3.24. The molecule has 4 heteroatoms. The van der Waals surface area contributed by atoms with E-state index in [1.807, 2.05) is 11.4 Å². The Morgan fingerprint density at radius 1 is 1.50 bits per heavy atom. The van der Waals surface area contributed by atoms with Crippen molar-refractivity contribution in [3.05, 3.63) is 28.4 Å². The number of fused-ring (bicyclic) bond motifs is 1. The van der Waals surface area contributed by atoms with Crippen LogP contribution in [0.4, 0.5) is 4.39 Å². The molecule has 1 aromatic carbocycles. The van der Waals surface area contributed by atoms with E-state index in [1.54, 1.807) is 6.07 Å². The van der Waals surface area contributed by atoms with E-state index in [-0.39, 0.29) is 10.7 Å². The lowest BCUT2D eigenvalue weighted by Crippen LogP contribution is -1.79. The zero-order valence-electron chi connectivity index (χ0n) is 5.84. The van der Waals surface area contributed by atoms with Crippen LogP contribution in [0.25, 0.3) is 10.1 Å². The average molecular weight is 219 g/mol. The minimum Gasteiger partial charge on any atom is -0.204 e. The van der Waals surface area contributed by atoms with E-state index in [0.29, 0.717) is 9.72 Å². The molecule has 1 aromatic heterocycles. The summed E-state index contributed by atoms with van der Waals surface area (Å²) in [4.78, 5) is 0.228. The highest BCUT2D eigenvalue weighted by Crippen LogP contribution is 2.33. The molecule has 1 heterocycles. The number of hydrogen-bond acceptors (Lipinski definition) is 2. The zero-order valence-corrected chi connectivity index (χ0v) is 8.31. The molecule has 62 valence electrons. The van der Waals surface area contributed by atoms with Gasteiger partial charge in [0.2, 0.25) is 0 Å². The normalized spacial score (nSPS) is 10.9. The highest BCUT2D eigenvalue weighted by atomic mass is 35.5. The molecule has 0 radical (unpaired) electrons. The van der Waals surface area contributed by atoms with Crippen molar-refractivity contribution in [1.29, 1.82) is 0 Å². The SMILES string of the molecule is Fc1c(S)c(Cl)cc2ccsc12. The van der Waals surface area contributed by atoms with Gasteiger partial charge in [0.05, 0.1) is 14.6 Å². The lowest BCUT2D eigenvalue weighted by molar-refractivity contribution is 0.617. The van der Waals surface area contributed by atoms with Crippen LogP contribution in [-0.2, 0) is 0 Å². The third-order valence-corrected chi connectivity index (χ3v) is 3.40. The molecule has 2 aromatic rings. The lowest BCUT2D eigenvalue weighted by Gasteiger charge is -1.99. The van der Waals surface area contributed by atoms with Gasteiger partial charge < -0.3 is 0 Å². The average Bonchev–Trinajstić information content (AvgIpc) is 2.48. The summed E-state index contributed by atoms with van der Waals surface area (Å²) in [5, 5.41) is 3.03. The molecule has 0 atom stereocenters. The highest BCUT2D eigenvalue weighted by Gasteiger charge is 2.09. The largest absolute Gasteiger partial charge is 0.204 e. The second kappa shape index (κ2) is 2.91. The molecule has 0 spiro atoms. The molecule has 12 heavy (non-hydrogen) atoms. The number of halogens is 2. The molecule has 0 saturated carbocycles. The van der Waals surface area contributed by atoms with Crippen molar-refractivity contribution in [2.24, 2.45) is 0 Å². The Morgan fingerprint density at radius 3 is 3.00 bits per heavy atom. The van der Waals surface area contributed by atoms with Crippen LogP contribution in [0, 0.1) is 5.82 Å². The van der Waals surface area contributed by atoms with Gasteiger partial charge in [-0.15, -0.1) is 24.0 Å². The molecule has 0 amide bonds. The molecule has 0 nitrogen and oxygen atoms in total. The van der Waals surface area contributed by atoms with E-state index in [4.69, 9.17) is 11.6 Å². The fourth-order valence-corrected chi connectivity index (χ4v) is 2.30. The molecule has 0 aliphatic rings. The van der Waals surface area contributed by atoms with Gasteiger partial charge in [0.15, 0.2) is 5.82 Å². The fraction of sp³-hybridized carbons (Fsp3) is 0. The van der Waals surface area contributed by atoms with E-state index in [1.165, 1.54) is 11.3 Å². The van der Waals surface area contributed by atoms with Crippen LogP contribution in [0.1, 0.15) is 0 Å². The number of rotatable bonds is 0. The molecule has 0 unspecified atom stereocenters. The predicted octanol–water partition coefficient (Wildman–Crippen LogP) is 3.98. The summed E-state index contributed by atoms with van der Waals surface area (Å²) >= 11 is 11.1. The topological polar surface area (TPSA) is 0 Å². The Kier molecular flexibility index (Phi) is 2.02. The molecule has 0 N–H and O–H groups in total. The molecule has 0 saturated heterocycles. The van der Waals surface area contributed by atoms with Crippen molar-refractivity contribution in [3.8, 4) is 0 Å². The van der Waals surface area contributed by atoms with Crippen LogP contribution >= 0.6 is 35.6 Å². The van der Waals surface area contributed by atoms with Crippen molar-refractivity contribution in [2.45, 2.75) is 4.90 Å². The Balaban J connectivity index is 2.94. The summed E-state index contributed by atoms with van der Waals surface area (Å²) in [6.07, 6.45) is 0. The summed E-state index contributed by atoms with van der Waals surface area (Å²) in [7, 11) is 0. The van der Waals surface area contributed by atoms with Crippen LogP contribution in [-0.4, -0.2) is 0 Å². The molecule has 0 aliphatic heterocycles. The quantitative estimate of drug-likeness (QED) is 0.636. The third-order valence-electron chi connectivity index (χ3n) is 1.61. The number of benzene rings is 1. The van der Waals surface area contributed by atoms with Crippen molar-refractivity contribution >= 4 is 45.7 Å². The monoisotopic (exact) mass is 218 g/mol. The Labute approximate surface area is 83.4 Å². The minimum absolute atomic E-state index is 0.228. The first-order chi connectivity index (χ1) is 5.70. The Hall–Kier alpha value is -0.250. The minimum atomic E-state index is -0.323. The molecule has 2 rings (SSSR count). The van der Waals surface area contributed by atoms with Gasteiger partial charge >= 0.3 is 0 Å². The molecule has 0 fully saturated rings. The maximum atomic E-state index is 13.3. The van der Waals surface area contributed by atoms with Crippen molar-refractivity contribution in [2.75, 3.05) is 0 Å². The van der Waals surface area contributed by atoms with Crippen LogP contribution in [0.3, 0.4) is 0 Å². The first kappa shape index (κ1) is 8.35. The molecular formula is C8H4ClFS2. The van der Waals surface area contributed by atoms with E-state index in [2.05, 4.69) is 12.6 Å². The Morgan fingerprint density at radius 2 is 2.25 bits per heavy atom. The number of thiophene rings is 1. The van der Waals surface area contributed by atoms with Gasteiger partial charge in [-0.3, -0.25) is 0 Å². The van der Waals surface area contributed by atoms with Crippen LogP contribution < -0.4 is 0 Å². The summed E-state index contributed by atoms with van der Waals surface area (Å²) in [6.45, 7) is 0. The number of hydrogen-bond donors (Lipinski definition) is 1. The van der Waals surface area contributed by atoms with Crippen LogP contribution in [0.2, 0.25) is 5.02 Å². The fourth-order valence-electron chi connectivity index (χ4n) is 1.03.